The molecule has 2 aromatic rings. The Kier molecular flexibility index (Phi) is 5.36. The van der Waals surface area contributed by atoms with E-state index < -0.39 is 17.7 Å². The molecular formula is C21H24F3NO2S. The molecule has 0 spiro atoms. The number of fused-ring (bicyclic) bond motifs is 1. The van der Waals surface area contributed by atoms with Crippen LogP contribution in [0.2, 0.25) is 0 Å². The zero-order valence-corrected chi connectivity index (χ0v) is 17.2. The fourth-order valence-electron chi connectivity index (χ4n) is 3.90. The van der Waals surface area contributed by atoms with Gasteiger partial charge < -0.3 is 10.0 Å². The number of carbonyl (C=O) groups is 1. The van der Waals surface area contributed by atoms with E-state index in [1.54, 1.807) is 25.1 Å². The number of rotatable bonds is 4. The fraction of sp³-hybridized carbons (Fsp3) is 0.476. The third-order valence-corrected chi connectivity index (χ3v) is 6.47. The number of alkyl halides is 3. The monoisotopic (exact) mass is 411 g/mol. The van der Waals surface area contributed by atoms with Crippen molar-refractivity contribution in [2.75, 3.05) is 14.1 Å². The molecule has 0 amide bonds. The Morgan fingerprint density at radius 3 is 2.54 bits per heavy atom. The minimum Gasteiger partial charge on any atom is -0.478 e. The normalized spacial score (nSPS) is 16.3. The summed E-state index contributed by atoms with van der Waals surface area (Å²) in [7, 11) is 3.56. The summed E-state index contributed by atoms with van der Waals surface area (Å²) in [5.41, 5.74) is 0.414. The summed E-state index contributed by atoms with van der Waals surface area (Å²) in [5.74, 6) is -1.15. The molecule has 3 rings (SSSR count). The molecule has 3 nitrogen and oxygen atoms in total. The van der Waals surface area contributed by atoms with Crippen molar-refractivity contribution in [1.29, 1.82) is 0 Å². The van der Waals surface area contributed by atoms with Gasteiger partial charge in [0, 0.05) is 17.0 Å². The van der Waals surface area contributed by atoms with E-state index in [1.165, 1.54) is 17.4 Å². The number of benzene rings is 1. The molecule has 0 saturated heterocycles. The van der Waals surface area contributed by atoms with Gasteiger partial charge in [0.25, 0.3) is 0 Å². The van der Waals surface area contributed by atoms with Gasteiger partial charge in [-0.3, -0.25) is 0 Å². The van der Waals surface area contributed by atoms with Crippen LogP contribution in [0, 0.1) is 5.41 Å². The molecule has 0 radical (unpaired) electrons. The van der Waals surface area contributed by atoms with Crippen molar-refractivity contribution in [3.63, 3.8) is 0 Å². The molecule has 152 valence electrons. The van der Waals surface area contributed by atoms with Crippen LogP contribution in [0.3, 0.4) is 0 Å². The summed E-state index contributed by atoms with van der Waals surface area (Å²) in [6, 6.07) is 4.09. The molecule has 1 heterocycles. The maximum absolute atomic E-state index is 13.8. The smallest absolute Gasteiger partial charge is 0.417 e. The van der Waals surface area contributed by atoms with Crippen LogP contribution in [-0.4, -0.2) is 30.1 Å². The third kappa shape index (κ3) is 3.96. The highest BCUT2D eigenvalue weighted by atomic mass is 32.1. The second-order valence-corrected chi connectivity index (χ2v) is 9.53. The van der Waals surface area contributed by atoms with Gasteiger partial charge in [-0.05, 0) is 56.0 Å². The highest BCUT2D eigenvalue weighted by Crippen LogP contribution is 2.48. The number of carboxylic acids is 1. The molecule has 7 heteroatoms. The Bertz CT molecular complexity index is 913. The summed E-state index contributed by atoms with van der Waals surface area (Å²) in [4.78, 5) is 15.1. The number of aryl methyl sites for hydroxylation is 1. The molecule has 1 aromatic carbocycles. The van der Waals surface area contributed by atoms with Crippen molar-refractivity contribution < 1.29 is 23.1 Å². The second kappa shape index (κ2) is 7.19. The van der Waals surface area contributed by atoms with Crippen molar-refractivity contribution in [2.45, 2.75) is 45.8 Å². The molecule has 1 aromatic heterocycles. The molecule has 0 fully saturated rings. The number of thiophene rings is 1. The zero-order chi connectivity index (χ0) is 20.9. The minimum atomic E-state index is -4.56. The van der Waals surface area contributed by atoms with E-state index >= 15 is 0 Å². The Morgan fingerprint density at radius 1 is 1.29 bits per heavy atom. The van der Waals surface area contributed by atoms with Crippen LogP contribution in [0.4, 0.5) is 13.2 Å². The average Bonchev–Trinajstić information content (AvgIpc) is 2.90. The lowest BCUT2D eigenvalue weighted by atomic mass is 9.75. The SMILES string of the molecule is CN(C)Cc1cccc(C(F)(F)F)c1-c1sc2c(c1C(=O)O)CC(C)(C)CC2. The van der Waals surface area contributed by atoms with Gasteiger partial charge in [-0.25, -0.2) is 4.79 Å². The van der Waals surface area contributed by atoms with E-state index in [1.807, 2.05) is 0 Å². The Labute approximate surface area is 166 Å². The predicted octanol–water partition coefficient (Wildman–Crippen LogP) is 5.71. The summed E-state index contributed by atoms with van der Waals surface area (Å²) >= 11 is 1.22. The van der Waals surface area contributed by atoms with Crippen LogP contribution in [0.1, 0.15) is 52.2 Å². The summed E-state index contributed by atoms with van der Waals surface area (Å²) in [6.45, 7) is 4.44. The van der Waals surface area contributed by atoms with Crippen molar-refractivity contribution >= 4 is 17.3 Å². The zero-order valence-electron chi connectivity index (χ0n) is 16.4. The predicted molar refractivity (Wildman–Crippen MR) is 105 cm³/mol. The Hall–Kier alpha value is -1.86. The van der Waals surface area contributed by atoms with Crippen molar-refractivity contribution in [3.05, 3.63) is 45.3 Å². The van der Waals surface area contributed by atoms with E-state index in [-0.39, 0.29) is 21.4 Å². The number of hydrogen-bond donors (Lipinski definition) is 1. The highest BCUT2D eigenvalue weighted by Gasteiger charge is 2.39. The topological polar surface area (TPSA) is 40.5 Å². The van der Waals surface area contributed by atoms with Crippen LogP contribution in [0.5, 0.6) is 0 Å². The van der Waals surface area contributed by atoms with Crippen LogP contribution in [-0.2, 0) is 25.6 Å². The number of carboxylic acid groups (broad SMARTS) is 1. The number of halogens is 3. The van der Waals surface area contributed by atoms with Crippen molar-refractivity contribution in [1.82, 2.24) is 4.90 Å². The van der Waals surface area contributed by atoms with Gasteiger partial charge in [0.2, 0.25) is 0 Å². The maximum atomic E-state index is 13.8. The number of hydrogen-bond acceptors (Lipinski definition) is 3. The Morgan fingerprint density at radius 2 is 1.96 bits per heavy atom. The lowest BCUT2D eigenvalue weighted by Gasteiger charge is -2.29. The molecule has 0 atom stereocenters. The van der Waals surface area contributed by atoms with Gasteiger partial charge in [-0.15, -0.1) is 11.3 Å². The van der Waals surface area contributed by atoms with Gasteiger partial charge in [-0.2, -0.15) is 13.2 Å². The van der Waals surface area contributed by atoms with Crippen molar-refractivity contribution in [2.24, 2.45) is 5.41 Å². The number of nitrogens with zero attached hydrogens (tertiary/aromatic N) is 1. The second-order valence-electron chi connectivity index (χ2n) is 8.43. The van der Waals surface area contributed by atoms with E-state index in [9.17, 15) is 23.1 Å². The summed E-state index contributed by atoms with van der Waals surface area (Å²) in [5, 5.41) is 9.92. The lowest BCUT2D eigenvalue weighted by molar-refractivity contribution is -0.137. The third-order valence-electron chi connectivity index (χ3n) is 5.16. The average molecular weight is 411 g/mol. The van der Waals surface area contributed by atoms with E-state index in [0.29, 0.717) is 30.5 Å². The molecule has 28 heavy (non-hydrogen) atoms. The van der Waals surface area contributed by atoms with Crippen LogP contribution >= 0.6 is 11.3 Å². The first kappa shape index (κ1) is 20.9. The minimum absolute atomic E-state index is 0.0123. The molecule has 0 bridgehead atoms. The summed E-state index contributed by atoms with van der Waals surface area (Å²) < 4.78 is 41.5. The molecule has 0 saturated carbocycles. The van der Waals surface area contributed by atoms with Crippen LogP contribution < -0.4 is 0 Å². The molecule has 1 N–H and O–H groups in total. The first-order valence-electron chi connectivity index (χ1n) is 9.13. The first-order chi connectivity index (χ1) is 12.9. The van der Waals surface area contributed by atoms with Gasteiger partial charge in [0.1, 0.15) is 0 Å². The summed E-state index contributed by atoms with van der Waals surface area (Å²) in [6.07, 6.45) is -2.40. The Balaban J connectivity index is 2.32. The van der Waals surface area contributed by atoms with Gasteiger partial charge in [-0.1, -0.05) is 26.0 Å². The van der Waals surface area contributed by atoms with E-state index in [0.717, 1.165) is 17.4 Å². The van der Waals surface area contributed by atoms with Crippen molar-refractivity contribution in [3.8, 4) is 10.4 Å². The van der Waals surface area contributed by atoms with Gasteiger partial charge >= 0.3 is 12.1 Å². The van der Waals surface area contributed by atoms with E-state index in [4.69, 9.17) is 0 Å². The standard InChI is InChI=1S/C21H24F3NO2S/c1-20(2)9-8-15-13(10-20)17(19(26)27)18(28-15)16-12(11-25(3)4)6-5-7-14(16)21(22,23)24/h5-7H,8-11H2,1-4H3,(H,26,27). The van der Waals surface area contributed by atoms with Gasteiger partial charge in [0.05, 0.1) is 16.0 Å². The molecule has 1 aliphatic carbocycles. The van der Waals surface area contributed by atoms with E-state index in [2.05, 4.69) is 13.8 Å². The molecule has 1 aliphatic rings. The first-order valence-corrected chi connectivity index (χ1v) is 9.94. The van der Waals surface area contributed by atoms with Gasteiger partial charge in [0.15, 0.2) is 0 Å². The number of aromatic carboxylic acids is 1. The quantitative estimate of drug-likeness (QED) is 0.701. The maximum Gasteiger partial charge on any atom is 0.417 e. The molecule has 0 aliphatic heterocycles. The highest BCUT2D eigenvalue weighted by molar-refractivity contribution is 7.16. The lowest BCUT2D eigenvalue weighted by Crippen LogP contribution is -2.22. The van der Waals surface area contributed by atoms with Crippen LogP contribution in [0.25, 0.3) is 10.4 Å². The molecule has 0 unspecified atom stereocenters. The molecular weight excluding hydrogens is 387 g/mol. The largest absolute Gasteiger partial charge is 0.478 e. The van der Waals surface area contributed by atoms with Crippen LogP contribution in [0.15, 0.2) is 18.2 Å². The fourth-order valence-corrected chi connectivity index (χ4v) is 5.30.